The first-order valence-electron chi connectivity index (χ1n) is 9.02. The summed E-state index contributed by atoms with van der Waals surface area (Å²) in [4.78, 5) is 3.95. The molecule has 0 aliphatic rings. The zero-order valence-electron chi connectivity index (χ0n) is 16.8. The second kappa shape index (κ2) is 8.76. The minimum absolute atomic E-state index is 0.0882. The summed E-state index contributed by atoms with van der Waals surface area (Å²) < 4.78 is 73.7. The van der Waals surface area contributed by atoms with Crippen molar-refractivity contribution in [3.63, 3.8) is 0 Å². The average Bonchev–Trinajstić information content (AvgIpc) is 2.67. The Balaban J connectivity index is 1.81. The molecular formula is C21H16F3N3O4S. The fraction of sp³-hybridized carbons (Fsp3) is 0.143. The van der Waals surface area contributed by atoms with E-state index in [9.17, 15) is 26.9 Å². The minimum atomic E-state index is -4.88. The number of nitrogens with one attached hydrogen (secondary N) is 1. The van der Waals surface area contributed by atoms with Crippen molar-refractivity contribution in [2.24, 2.45) is 0 Å². The molecule has 32 heavy (non-hydrogen) atoms. The molecule has 0 saturated carbocycles. The summed E-state index contributed by atoms with van der Waals surface area (Å²) in [5, 5.41) is 9.35. The van der Waals surface area contributed by atoms with Gasteiger partial charge in [0.15, 0.2) is 0 Å². The third-order valence-corrected chi connectivity index (χ3v) is 5.49. The number of sulfonamides is 1. The van der Waals surface area contributed by atoms with Crippen LogP contribution in [-0.2, 0) is 10.0 Å². The maximum Gasteiger partial charge on any atom is 0.573 e. The summed E-state index contributed by atoms with van der Waals surface area (Å²) in [5.74, 6) is -0.223. The number of rotatable bonds is 6. The molecule has 1 heterocycles. The number of nitriles is 1. The molecule has 0 aliphatic heterocycles. The van der Waals surface area contributed by atoms with Crippen molar-refractivity contribution in [1.29, 1.82) is 5.26 Å². The highest BCUT2D eigenvalue weighted by Crippen LogP contribution is 2.29. The number of alkyl halides is 3. The van der Waals surface area contributed by atoms with Gasteiger partial charge in [-0.05, 0) is 61.9 Å². The second-order valence-corrected chi connectivity index (χ2v) is 8.31. The molecule has 7 nitrogen and oxygen atoms in total. The number of anilines is 1. The first kappa shape index (κ1) is 22.9. The normalized spacial score (nSPS) is 11.5. The van der Waals surface area contributed by atoms with Crippen molar-refractivity contribution in [2.75, 3.05) is 4.72 Å². The molecule has 1 aromatic heterocycles. The maximum absolute atomic E-state index is 12.6. The average molecular weight is 463 g/mol. The first-order chi connectivity index (χ1) is 15.0. The van der Waals surface area contributed by atoms with Crippen LogP contribution in [0.3, 0.4) is 0 Å². The molecule has 0 atom stereocenters. The van der Waals surface area contributed by atoms with Crippen molar-refractivity contribution < 1.29 is 31.1 Å². The number of aryl methyl sites for hydroxylation is 2. The van der Waals surface area contributed by atoms with Crippen LogP contribution in [0.1, 0.15) is 16.8 Å². The van der Waals surface area contributed by atoms with Crippen LogP contribution in [0.25, 0.3) is 0 Å². The van der Waals surface area contributed by atoms with Gasteiger partial charge in [0.05, 0.1) is 10.6 Å². The Labute approximate surface area is 182 Å². The fourth-order valence-corrected chi connectivity index (χ4v) is 3.83. The van der Waals surface area contributed by atoms with E-state index in [0.29, 0.717) is 11.3 Å². The maximum atomic E-state index is 12.6. The Kier molecular flexibility index (Phi) is 6.27. The van der Waals surface area contributed by atoms with Gasteiger partial charge < -0.3 is 9.47 Å². The van der Waals surface area contributed by atoms with Crippen LogP contribution in [0.2, 0.25) is 0 Å². The Bertz CT molecular complexity index is 1290. The fourth-order valence-electron chi connectivity index (χ4n) is 2.78. The molecule has 166 valence electrons. The highest BCUT2D eigenvalue weighted by Gasteiger charge is 2.31. The van der Waals surface area contributed by atoms with E-state index in [-0.39, 0.29) is 27.8 Å². The molecule has 2 aromatic carbocycles. The van der Waals surface area contributed by atoms with E-state index in [2.05, 4.69) is 14.4 Å². The molecule has 0 aliphatic carbocycles. The molecular weight excluding hydrogens is 447 g/mol. The van der Waals surface area contributed by atoms with Gasteiger partial charge in [0, 0.05) is 11.8 Å². The van der Waals surface area contributed by atoms with E-state index in [0.717, 1.165) is 24.3 Å². The molecule has 0 unspecified atom stereocenters. The highest BCUT2D eigenvalue weighted by atomic mass is 32.2. The summed E-state index contributed by atoms with van der Waals surface area (Å²) in [6.45, 7) is 3.49. The van der Waals surface area contributed by atoms with E-state index in [1.807, 2.05) is 6.07 Å². The first-order valence-corrected chi connectivity index (χ1v) is 10.5. The molecule has 0 bridgehead atoms. The summed E-state index contributed by atoms with van der Waals surface area (Å²) in [6, 6.07) is 13.5. The number of hydrogen-bond acceptors (Lipinski definition) is 6. The third kappa shape index (κ3) is 5.67. The smallest absolute Gasteiger partial charge is 0.438 e. The van der Waals surface area contributed by atoms with Crippen LogP contribution >= 0.6 is 0 Å². The van der Waals surface area contributed by atoms with Crippen molar-refractivity contribution in [2.45, 2.75) is 25.1 Å². The van der Waals surface area contributed by atoms with Gasteiger partial charge >= 0.3 is 6.36 Å². The van der Waals surface area contributed by atoms with Gasteiger partial charge in [-0.1, -0.05) is 6.07 Å². The molecule has 0 radical (unpaired) electrons. The Hall–Kier alpha value is -3.78. The molecule has 3 aromatic rings. The lowest BCUT2D eigenvalue weighted by molar-refractivity contribution is -0.274. The van der Waals surface area contributed by atoms with Crippen molar-refractivity contribution in [3.8, 4) is 23.4 Å². The van der Waals surface area contributed by atoms with Gasteiger partial charge in [0.1, 0.15) is 23.1 Å². The van der Waals surface area contributed by atoms with E-state index < -0.39 is 22.1 Å². The van der Waals surface area contributed by atoms with Gasteiger partial charge in [-0.15, -0.1) is 13.2 Å². The number of pyridine rings is 1. The molecule has 0 saturated heterocycles. The summed E-state index contributed by atoms with van der Waals surface area (Å²) in [6.07, 6.45) is -4.88. The monoisotopic (exact) mass is 463 g/mol. The number of ether oxygens (including phenoxy) is 2. The number of hydrogen-bond donors (Lipinski definition) is 1. The highest BCUT2D eigenvalue weighted by molar-refractivity contribution is 7.92. The lowest BCUT2D eigenvalue weighted by Crippen LogP contribution is -2.17. The van der Waals surface area contributed by atoms with Gasteiger partial charge in [-0.3, -0.25) is 4.72 Å². The van der Waals surface area contributed by atoms with Crippen molar-refractivity contribution >= 4 is 15.7 Å². The van der Waals surface area contributed by atoms with E-state index in [1.165, 1.54) is 18.2 Å². The van der Waals surface area contributed by atoms with Gasteiger partial charge in [-0.25, -0.2) is 13.4 Å². The lowest BCUT2D eigenvalue weighted by atomic mass is 10.1. The number of halogens is 3. The standard InChI is InChI=1S/C21H16F3N3O4S/c1-13-10-14(2)26-20(19(13)12-25)30-17-5-3-4-15(11-17)27-32(28,29)18-8-6-16(7-9-18)31-21(22,23)24/h3-11,27H,1-2H3. The predicted octanol–water partition coefficient (Wildman–Crippen LogP) is 5.06. The molecule has 1 N–H and O–H groups in total. The number of aromatic nitrogens is 1. The third-order valence-electron chi connectivity index (χ3n) is 4.09. The Morgan fingerprint density at radius 3 is 2.34 bits per heavy atom. The summed E-state index contributed by atoms with van der Waals surface area (Å²) >= 11 is 0. The summed E-state index contributed by atoms with van der Waals surface area (Å²) in [7, 11) is -4.10. The Morgan fingerprint density at radius 1 is 1.03 bits per heavy atom. The Morgan fingerprint density at radius 2 is 1.72 bits per heavy atom. The van der Waals surface area contributed by atoms with Gasteiger partial charge in [0.2, 0.25) is 5.88 Å². The van der Waals surface area contributed by atoms with E-state index in [1.54, 1.807) is 26.0 Å². The van der Waals surface area contributed by atoms with Crippen LogP contribution < -0.4 is 14.2 Å². The van der Waals surface area contributed by atoms with Crippen LogP contribution in [0.5, 0.6) is 17.4 Å². The molecule has 0 fully saturated rings. The largest absolute Gasteiger partial charge is 0.573 e. The lowest BCUT2D eigenvalue weighted by Gasteiger charge is -2.12. The van der Waals surface area contributed by atoms with Gasteiger partial charge in [-0.2, -0.15) is 5.26 Å². The second-order valence-electron chi connectivity index (χ2n) is 6.63. The van der Waals surface area contributed by atoms with E-state index in [4.69, 9.17) is 4.74 Å². The number of benzene rings is 2. The number of nitrogens with zero attached hydrogens (tertiary/aromatic N) is 2. The molecule has 11 heteroatoms. The van der Waals surface area contributed by atoms with Crippen LogP contribution in [-0.4, -0.2) is 19.8 Å². The minimum Gasteiger partial charge on any atom is -0.438 e. The molecule has 0 amide bonds. The zero-order valence-corrected chi connectivity index (χ0v) is 17.6. The van der Waals surface area contributed by atoms with Crippen molar-refractivity contribution in [3.05, 3.63) is 71.4 Å². The van der Waals surface area contributed by atoms with E-state index >= 15 is 0 Å². The topological polar surface area (TPSA) is 101 Å². The van der Waals surface area contributed by atoms with Crippen LogP contribution in [0.4, 0.5) is 18.9 Å². The zero-order chi connectivity index (χ0) is 23.5. The SMILES string of the molecule is Cc1cc(C)c(C#N)c(Oc2cccc(NS(=O)(=O)c3ccc(OC(F)(F)F)cc3)c2)n1. The van der Waals surface area contributed by atoms with Crippen molar-refractivity contribution in [1.82, 2.24) is 4.98 Å². The summed E-state index contributed by atoms with van der Waals surface area (Å²) in [5.41, 5.74) is 1.72. The predicted molar refractivity (Wildman–Crippen MR) is 109 cm³/mol. The quantitative estimate of drug-likeness (QED) is 0.548. The van der Waals surface area contributed by atoms with Gasteiger partial charge in [0.25, 0.3) is 10.0 Å². The van der Waals surface area contributed by atoms with Crippen LogP contribution in [0, 0.1) is 25.2 Å². The van der Waals surface area contributed by atoms with Crippen LogP contribution in [0.15, 0.2) is 59.5 Å². The molecule has 3 rings (SSSR count). The molecule has 0 spiro atoms.